The number of anilines is 1. The van der Waals surface area contributed by atoms with Crippen molar-refractivity contribution in [2.75, 3.05) is 18.4 Å². The smallest absolute Gasteiger partial charge is 0.242 e. The summed E-state index contributed by atoms with van der Waals surface area (Å²) >= 11 is 0. The Bertz CT molecular complexity index is 872. The van der Waals surface area contributed by atoms with E-state index in [0.29, 0.717) is 18.5 Å². The second-order valence-electron chi connectivity index (χ2n) is 6.62. The zero-order chi connectivity index (χ0) is 18.5. The summed E-state index contributed by atoms with van der Waals surface area (Å²) in [6.07, 6.45) is 8.83. The molecule has 1 aliphatic rings. The van der Waals surface area contributed by atoms with E-state index in [0.717, 1.165) is 37.3 Å². The van der Waals surface area contributed by atoms with E-state index in [1.165, 1.54) is 0 Å². The molecule has 1 amide bonds. The molecule has 1 saturated heterocycles. The largest absolute Gasteiger partial charge is 0.351 e. The Morgan fingerprint density at radius 1 is 1.00 bits per heavy atom. The average Bonchev–Trinajstić information content (AvgIpc) is 3.18. The lowest BCUT2D eigenvalue weighted by Crippen LogP contribution is -2.43. The highest BCUT2D eigenvalue weighted by Crippen LogP contribution is 2.18. The van der Waals surface area contributed by atoms with E-state index in [1.807, 2.05) is 46.0 Å². The van der Waals surface area contributed by atoms with Gasteiger partial charge in [0.1, 0.15) is 12.4 Å². The van der Waals surface area contributed by atoms with Crippen LogP contribution in [0.1, 0.15) is 12.8 Å². The van der Waals surface area contributed by atoms with E-state index in [9.17, 15) is 4.79 Å². The van der Waals surface area contributed by atoms with Crippen LogP contribution in [-0.2, 0) is 11.3 Å². The van der Waals surface area contributed by atoms with Crippen molar-refractivity contribution in [2.45, 2.75) is 25.4 Å². The number of imidazole rings is 1. The van der Waals surface area contributed by atoms with Crippen molar-refractivity contribution in [1.82, 2.24) is 24.4 Å². The molecule has 138 valence electrons. The molecule has 1 N–H and O–H groups in total. The van der Waals surface area contributed by atoms with Crippen LogP contribution < -0.4 is 5.32 Å². The van der Waals surface area contributed by atoms with Crippen LogP contribution >= 0.6 is 0 Å². The standard InChI is InChI=1S/C20H22N6O/c27-18(15-26-14-11-21-19(26)16-5-2-1-3-6-16)25-12-7-17(8-13-25)24-20-22-9-4-10-23-20/h1-6,9-11,14,17H,7-8,12-13,15H2,(H,22,23,24). The van der Waals surface area contributed by atoms with Crippen molar-refractivity contribution in [2.24, 2.45) is 0 Å². The third-order valence-corrected chi connectivity index (χ3v) is 4.80. The van der Waals surface area contributed by atoms with Crippen molar-refractivity contribution in [1.29, 1.82) is 0 Å². The quantitative estimate of drug-likeness (QED) is 0.754. The Hall–Kier alpha value is -3.22. The average molecular weight is 362 g/mol. The number of carbonyl (C=O) groups is 1. The topological polar surface area (TPSA) is 75.9 Å². The molecular formula is C20H22N6O. The van der Waals surface area contributed by atoms with Crippen LogP contribution in [0.25, 0.3) is 11.4 Å². The van der Waals surface area contributed by atoms with Crippen LogP contribution in [0.15, 0.2) is 61.2 Å². The van der Waals surface area contributed by atoms with Crippen molar-refractivity contribution >= 4 is 11.9 Å². The van der Waals surface area contributed by atoms with Gasteiger partial charge < -0.3 is 14.8 Å². The summed E-state index contributed by atoms with van der Waals surface area (Å²) in [5, 5.41) is 3.34. The molecule has 0 spiro atoms. The monoisotopic (exact) mass is 362 g/mol. The molecule has 0 atom stereocenters. The predicted octanol–water partition coefficient (Wildman–Crippen LogP) is 2.44. The van der Waals surface area contributed by atoms with E-state index in [4.69, 9.17) is 0 Å². The van der Waals surface area contributed by atoms with Gasteiger partial charge in [-0.2, -0.15) is 0 Å². The van der Waals surface area contributed by atoms with Gasteiger partial charge in [0.2, 0.25) is 11.9 Å². The Labute approximate surface area is 158 Å². The fraction of sp³-hybridized carbons (Fsp3) is 0.300. The highest BCUT2D eigenvalue weighted by Gasteiger charge is 2.23. The molecule has 1 aliphatic heterocycles. The normalized spacial score (nSPS) is 14.9. The molecule has 7 nitrogen and oxygen atoms in total. The molecule has 0 bridgehead atoms. The minimum atomic E-state index is 0.125. The predicted molar refractivity (Wildman–Crippen MR) is 103 cm³/mol. The summed E-state index contributed by atoms with van der Waals surface area (Å²) in [4.78, 5) is 27.5. The zero-order valence-corrected chi connectivity index (χ0v) is 15.0. The number of hydrogen-bond acceptors (Lipinski definition) is 5. The van der Waals surface area contributed by atoms with Gasteiger partial charge in [0.05, 0.1) is 0 Å². The van der Waals surface area contributed by atoms with Gasteiger partial charge in [-0.15, -0.1) is 0 Å². The fourth-order valence-electron chi connectivity index (χ4n) is 3.36. The van der Waals surface area contributed by atoms with E-state index in [1.54, 1.807) is 24.7 Å². The molecule has 0 saturated carbocycles. The fourth-order valence-corrected chi connectivity index (χ4v) is 3.36. The lowest BCUT2D eigenvalue weighted by Gasteiger charge is -2.32. The molecule has 1 fully saturated rings. The molecule has 3 aromatic rings. The minimum absolute atomic E-state index is 0.125. The molecule has 0 unspecified atom stereocenters. The van der Waals surface area contributed by atoms with Crippen LogP contribution in [0, 0.1) is 0 Å². The van der Waals surface area contributed by atoms with Crippen LogP contribution in [0.5, 0.6) is 0 Å². The van der Waals surface area contributed by atoms with Crippen molar-refractivity contribution in [3.63, 3.8) is 0 Å². The highest BCUT2D eigenvalue weighted by atomic mass is 16.2. The lowest BCUT2D eigenvalue weighted by molar-refractivity contribution is -0.132. The Morgan fingerprint density at radius 3 is 2.48 bits per heavy atom. The number of amides is 1. The van der Waals surface area contributed by atoms with Crippen LogP contribution in [-0.4, -0.2) is 49.5 Å². The number of carbonyl (C=O) groups excluding carboxylic acids is 1. The summed E-state index contributed by atoms with van der Waals surface area (Å²) in [6, 6.07) is 12.0. The van der Waals surface area contributed by atoms with Gasteiger partial charge in [-0.1, -0.05) is 30.3 Å². The number of piperidine rings is 1. The van der Waals surface area contributed by atoms with Gasteiger partial charge >= 0.3 is 0 Å². The summed E-state index contributed by atoms with van der Waals surface area (Å²) < 4.78 is 1.92. The molecule has 3 heterocycles. The maximum atomic E-state index is 12.7. The first-order chi connectivity index (χ1) is 13.3. The Morgan fingerprint density at radius 2 is 1.74 bits per heavy atom. The third-order valence-electron chi connectivity index (χ3n) is 4.80. The summed E-state index contributed by atoms with van der Waals surface area (Å²) in [7, 11) is 0. The number of benzene rings is 1. The molecule has 2 aromatic heterocycles. The van der Waals surface area contributed by atoms with Crippen molar-refractivity contribution < 1.29 is 4.79 Å². The maximum absolute atomic E-state index is 12.7. The van der Waals surface area contributed by atoms with E-state index in [2.05, 4.69) is 20.3 Å². The van der Waals surface area contributed by atoms with Gasteiger partial charge in [-0.3, -0.25) is 4.79 Å². The number of aromatic nitrogens is 4. The molecule has 1 aromatic carbocycles. The molecule has 0 aliphatic carbocycles. The van der Waals surface area contributed by atoms with E-state index < -0.39 is 0 Å². The first kappa shape index (κ1) is 17.2. The summed E-state index contributed by atoms with van der Waals surface area (Å²) in [5.74, 6) is 1.59. The highest BCUT2D eigenvalue weighted by molar-refractivity contribution is 5.77. The van der Waals surface area contributed by atoms with Crippen LogP contribution in [0.3, 0.4) is 0 Å². The van der Waals surface area contributed by atoms with Crippen LogP contribution in [0.2, 0.25) is 0 Å². The van der Waals surface area contributed by atoms with Gasteiger partial charge in [0.15, 0.2) is 0 Å². The number of nitrogens with zero attached hydrogens (tertiary/aromatic N) is 5. The molecule has 27 heavy (non-hydrogen) atoms. The maximum Gasteiger partial charge on any atom is 0.242 e. The van der Waals surface area contributed by atoms with Gasteiger partial charge in [-0.05, 0) is 18.9 Å². The third kappa shape index (κ3) is 4.13. The first-order valence-electron chi connectivity index (χ1n) is 9.17. The molecule has 0 radical (unpaired) electrons. The van der Waals surface area contributed by atoms with E-state index >= 15 is 0 Å². The molecular weight excluding hydrogens is 340 g/mol. The molecule has 7 heteroatoms. The van der Waals surface area contributed by atoms with Gasteiger partial charge in [-0.25, -0.2) is 15.0 Å². The van der Waals surface area contributed by atoms with Crippen molar-refractivity contribution in [3.05, 3.63) is 61.2 Å². The minimum Gasteiger partial charge on any atom is -0.351 e. The number of hydrogen-bond donors (Lipinski definition) is 1. The van der Waals surface area contributed by atoms with Crippen LogP contribution in [0.4, 0.5) is 5.95 Å². The van der Waals surface area contributed by atoms with Gasteiger partial charge in [0, 0.05) is 49.5 Å². The summed E-state index contributed by atoms with van der Waals surface area (Å²) in [6.45, 7) is 1.78. The first-order valence-corrected chi connectivity index (χ1v) is 9.17. The SMILES string of the molecule is O=C(Cn1ccnc1-c1ccccc1)N1CCC(Nc2ncccn2)CC1. The van der Waals surface area contributed by atoms with E-state index in [-0.39, 0.29) is 5.91 Å². The lowest BCUT2D eigenvalue weighted by atomic mass is 10.1. The Balaban J connectivity index is 1.34. The second kappa shape index (κ2) is 7.99. The van der Waals surface area contributed by atoms with Crippen molar-refractivity contribution in [3.8, 4) is 11.4 Å². The number of nitrogens with one attached hydrogen (secondary N) is 1. The summed E-state index contributed by atoms with van der Waals surface area (Å²) in [5.41, 5.74) is 1.01. The zero-order valence-electron chi connectivity index (χ0n) is 15.0. The Kier molecular flexibility index (Phi) is 5.09. The molecule has 4 rings (SSSR count). The van der Waals surface area contributed by atoms with Gasteiger partial charge in [0.25, 0.3) is 0 Å². The second-order valence-corrected chi connectivity index (χ2v) is 6.62. The number of rotatable bonds is 5. The number of likely N-dealkylation sites (tertiary alicyclic amines) is 1.